The maximum Gasteiger partial charge on any atom is 0.237 e. The van der Waals surface area contributed by atoms with Gasteiger partial charge in [0.1, 0.15) is 28.4 Å². The van der Waals surface area contributed by atoms with E-state index in [0.717, 1.165) is 10.6 Å². The molecule has 2 aliphatic heterocycles. The summed E-state index contributed by atoms with van der Waals surface area (Å²) in [5.41, 5.74) is 8.03. The zero-order chi connectivity index (χ0) is 31.4. The smallest absolute Gasteiger partial charge is 0.237 e. The number of benzene rings is 1. The van der Waals surface area contributed by atoms with Gasteiger partial charge in [-0.15, -0.1) is 11.3 Å². The summed E-state index contributed by atoms with van der Waals surface area (Å²) in [6, 6.07) is 10.6. The van der Waals surface area contributed by atoms with E-state index >= 15 is 0 Å². The second kappa shape index (κ2) is 13.2. The number of carbonyl (C=O) groups is 2. The Morgan fingerprint density at radius 3 is 2.66 bits per heavy atom. The van der Waals surface area contributed by atoms with Crippen LogP contribution in [0.4, 0.5) is 15.9 Å². The van der Waals surface area contributed by atoms with E-state index in [4.69, 9.17) is 21.8 Å². The Morgan fingerprint density at radius 2 is 1.98 bits per heavy atom. The molecule has 0 radical (unpaired) electrons. The van der Waals surface area contributed by atoms with E-state index in [2.05, 4.69) is 9.97 Å². The first-order chi connectivity index (χ1) is 21.2. The first kappa shape index (κ1) is 30.7. The van der Waals surface area contributed by atoms with Gasteiger partial charge < -0.3 is 10.6 Å². The molecule has 4 heterocycles. The van der Waals surface area contributed by atoms with Crippen molar-refractivity contribution in [2.75, 3.05) is 49.9 Å². The van der Waals surface area contributed by atoms with Crippen LogP contribution in [0.2, 0.25) is 0 Å². The fraction of sp³-hybridized carbons (Fsp3) is 0.323. The predicted molar refractivity (Wildman–Crippen MR) is 167 cm³/mol. The minimum absolute atomic E-state index is 0.00372. The summed E-state index contributed by atoms with van der Waals surface area (Å²) in [6.45, 7) is 4.53. The molecule has 5 rings (SSSR count). The quantitative estimate of drug-likeness (QED) is 0.310. The highest BCUT2D eigenvalue weighted by Crippen LogP contribution is 2.28. The number of hydrogen-bond donors (Lipinski definition) is 3. The molecule has 1 aromatic carbocycles. The van der Waals surface area contributed by atoms with Gasteiger partial charge in [0, 0.05) is 37.9 Å². The first-order valence-electron chi connectivity index (χ1n) is 14.3. The number of nitrogens with zero attached hydrogens (tertiary/aromatic N) is 6. The normalized spacial score (nSPS) is 16.7. The van der Waals surface area contributed by atoms with E-state index in [9.17, 15) is 14.0 Å². The molecular formula is C31H32FN9O2S. The molecule has 0 unspecified atom stereocenters. The Balaban J connectivity index is 1.18. The van der Waals surface area contributed by atoms with Gasteiger partial charge in [-0.25, -0.2) is 14.4 Å². The number of aromatic nitrogens is 2. The average molecular weight is 614 g/mol. The van der Waals surface area contributed by atoms with Crippen LogP contribution in [0.15, 0.2) is 48.7 Å². The molecular weight excluding hydrogens is 581 g/mol. The van der Waals surface area contributed by atoms with E-state index in [-0.39, 0.29) is 47.1 Å². The van der Waals surface area contributed by atoms with Crippen molar-refractivity contribution in [2.45, 2.75) is 19.8 Å². The summed E-state index contributed by atoms with van der Waals surface area (Å²) < 4.78 is 13.4. The van der Waals surface area contributed by atoms with Crippen molar-refractivity contribution in [2.24, 2.45) is 5.92 Å². The van der Waals surface area contributed by atoms with Gasteiger partial charge in [-0.2, -0.15) is 5.26 Å². The molecule has 0 saturated carbocycles. The van der Waals surface area contributed by atoms with Gasteiger partial charge in [-0.05, 0) is 68.3 Å². The highest BCUT2D eigenvalue weighted by Gasteiger charge is 2.34. The number of anilines is 2. The van der Waals surface area contributed by atoms with E-state index < -0.39 is 5.82 Å². The number of amides is 2. The van der Waals surface area contributed by atoms with E-state index in [1.165, 1.54) is 41.8 Å². The fourth-order valence-corrected chi connectivity index (χ4v) is 6.25. The zero-order valence-corrected chi connectivity index (χ0v) is 25.0. The standard InChI is InChI=1S/C31H32FN9O2S/c1-2-41(26-8-7-23(34)29(38-26)28(36)19-3-5-22(32)6-4-19)31(43)21-9-12-39(17-21)18-27(42)40-13-10-20(11-14-40)30-37-16-25(44-30)24(35)15-33/h3-8,10,16,21,35-36H,2,9,11-14,17-18,34H2,1H3/t21-/m1/s1. The Morgan fingerprint density at radius 1 is 1.20 bits per heavy atom. The third-order valence-electron chi connectivity index (χ3n) is 7.82. The van der Waals surface area contributed by atoms with Crippen molar-refractivity contribution < 1.29 is 14.0 Å². The van der Waals surface area contributed by atoms with Crippen molar-refractivity contribution in [1.29, 1.82) is 16.1 Å². The van der Waals surface area contributed by atoms with Crippen molar-refractivity contribution in [3.05, 3.63) is 75.6 Å². The van der Waals surface area contributed by atoms with Gasteiger partial charge in [-0.1, -0.05) is 6.08 Å². The van der Waals surface area contributed by atoms with Crippen LogP contribution >= 0.6 is 11.3 Å². The molecule has 0 aliphatic carbocycles. The summed E-state index contributed by atoms with van der Waals surface area (Å²) in [7, 11) is 0. The van der Waals surface area contributed by atoms with Gasteiger partial charge in [-0.3, -0.25) is 30.2 Å². The Labute approximate surface area is 258 Å². The largest absolute Gasteiger partial charge is 0.397 e. The summed E-state index contributed by atoms with van der Waals surface area (Å²) in [5.74, 6) is -0.430. The van der Waals surface area contributed by atoms with Gasteiger partial charge in [0.25, 0.3) is 0 Å². The van der Waals surface area contributed by atoms with Crippen molar-refractivity contribution in [3.63, 3.8) is 0 Å². The molecule has 3 aromatic rings. The van der Waals surface area contributed by atoms with Crippen LogP contribution in [-0.2, 0) is 9.59 Å². The number of nitrogens with one attached hydrogen (secondary N) is 2. The molecule has 13 heteroatoms. The number of nitrogen functional groups attached to an aromatic ring is 1. The van der Waals surface area contributed by atoms with Gasteiger partial charge >= 0.3 is 0 Å². The molecule has 0 bridgehead atoms. The molecule has 44 heavy (non-hydrogen) atoms. The lowest BCUT2D eigenvalue weighted by Crippen LogP contribution is -2.42. The van der Waals surface area contributed by atoms with Crippen LogP contribution in [0.3, 0.4) is 0 Å². The van der Waals surface area contributed by atoms with Crippen LogP contribution < -0.4 is 10.6 Å². The third-order valence-corrected chi connectivity index (χ3v) is 8.91. The lowest BCUT2D eigenvalue weighted by molar-refractivity contribution is -0.132. The van der Waals surface area contributed by atoms with Crippen LogP contribution in [-0.4, -0.2) is 82.3 Å². The van der Waals surface area contributed by atoms with E-state index in [1.54, 1.807) is 21.9 Å². The second-order valence-electron chi connectivity index (χ2n) is 10.6. The highest BCUT2D eigenvalue weighted by molar-refractivity contribution is 7.14. The number of thiazole rings is 1. The zero-order valence-electron chi connectivity index (χ0n) is 24.2. The van der Waals surface area contributed by atoms with E-state index in [0.29, 0.717) is 61.8 Å². The topological polar surface area (TPSA) is 167 Å². The summed E-state index contributed by atoms with van der Waals surface area (Å²) in [4.78, 5) is 41.5. The third kappa shape index (κ3) is 6.56. The lowest BCUT2D eigenvalue weighted by Gasteiger charge is -2.28. The SMILES string of the molecule is CCN(C(=O)[C@@H]1CCN(CC(=O)N2CC=C(c3ncc(C(=N)C#N)s3)CC2)C1)c1ccc(N)c(C(=N)c2ccc(F)cc2)n1. The molecule has 1 fully saturated rings. The Hall–Kier alpha value is -4.80. The Bertz CT molecular complexity index is 1680. The molecule has 0 spiro atoms. The van der Waals surface area contributed by atoms with Crippen LogP contribution in [0.1, 0.15) is 40.9 Å². The highest BCUT2D eigenvalue weighted by atomic mass is 32.1. The number of likely N-dealkylation sites (tertiary alicyclic amines) is 1. The monoisotopic (exact) mass is 613 g/mol. The van der Waals surface area contributed by atoms with Crippen LogP contribution in [0.5, 0.6) is 0 Å². The van der Waals surface area contributed by atoms with Gasteiger partial charge in [0.15, 0.2) is 5.71 Å². The van der Waals surface area contributed by atoms with Crippen molar-refractivity contribution in [3.8, 4) is 6.07 Å². The second-order valence-corrected chi connectivity index (χ2v) is 11.7. The average Bonchev–Trinajstić information content (AvgIpc) is 3.72. The predicted octanol–water partition coefficient (Wildman–Crippen LogP) is 3.56. The number of halogens is 1. The molecule has 226 valence electrons. The van der Waals surface area contributed by atoms with Crippen LogP contribution in [0.25, 0.3) is 5.57 Å². The minimum atomic E-state index is -0.407. The molecule has 2 aromatic heterocycles. The number of pyridine rings is 1. The molecule has 4 N–H and O–H groups in total. The van der Waals surface area contributed by atoms with Gasteiger partial charge in [0.05, 0.1) is 28.7 Å². The molecule has 2 amide bonds. The number of nitriles is 1. The summed E-state index contributed by atoms with van der Waals surface area (Å²) >= 11 is 1.31. The molecule has 11 nitrogen and oxygen atoms in total. The van der Waals surface area contributed by atoms with Crippen molar-refractivity contribution >= 4 is 51.7 Å². The lowest BCUT2D eigenvalue weighted by atomic mass is 10.1. The minimum Gasteiger partial charge on any atom is -0.397 e. The van der Waals surface area contributed by atoms with Gasteiger partial charge in [0.2, 0.25) is 11.8 Å². The molecule has 1 saturated heterocycles. The summed E-state index contributed by atoms with van der Waals surface area (Å²) in [6.07, 6.45) is 4.76. The molecule has 1 atom stereocenters. The first-order valence-corrected chi connectivity index (χ1v) is 15.1. The number of carbonyl (C=O) groups excluding carboxylic acids is 2. The van der Waals surface area contributed by atoms with Crippen LogP contribution in [0, 0.1) is 33.9 Å². The Kier molecular flexibility index (Phi) is 9.22. The molecule has 2 aliphatic rings. The summed E-state index contributed by atoms with van der Waals surface area (Å²) in [5, 5.41) is 25.9. The fourth-order valence-electron chi connectivity index (χ4n) is 5.37. The van der Waals surface area contributed by atoms with Crippen molar-refractivity contribution in [1.82, 2.24) is 19.8 Å². The number of nitrogens with two attached hydrogens (primary N) is 1. The number of hydrogen-bond acceptors (Lipinski definition) is 10. The van der Waals surface area contributed by atoms with E-state index in [1.807, 2.05) is 24.0 Å². The number of rotatable bonds is 9. The maximum atomic E-state index is 13.6. The maximum absolute atomic E-state index is 13.6.